The van der Waals surface area contributed by atoms with Crippen molar-refractivity contribution in [2.45, 2.75) is 37.8 Å². The summed E-state index contributed by atoms with van der Waals surface area (Å²) in [6, 6.07) is 11.5. The van der Waals surface area contributed by atoms with Crippen molar-refractivity contribution in [2.24, 2.45) is 11.3 Å². The number of rotatable bonds is 2. The molecule has 1 aliphatic carbocycles. The van der Waals surface area contributed by atoms with Gasteiger partial charge in [0.25, 0.3) is 0 Å². The van der Waals surface area contributed by atoms with E-state index >= 15 is 0 Å². The molecule has 4 rings (SSSR count). The summed E-state index contributed by atoms with van der Waals surface area (Å²) in [5.41, 5.74) is 1.07. The zero-order valence-corrected chi connectivity index (χ0v) is 11.2. The zero-order chi connectivity index (χ0) is 13.0. The minimum absolute atomic E-state index is 0.0174. The predicted molar refractivity (Wildman–Crippen MR) is 72.9 cm³/mol. The number of methoxy groups -OCH3 is 1. The van der Waals surface area contributed by atoms with Crippen LogP contribution in [0, 0.1) is 11.3 Å². The highest BCUT2D eigenvalue weighted by Gasteiger charge is 2.71. The predicted octanol–water partition coefficient (Wildman–Crippen LogP) is 2.61. The van der Waals surface area contributed by atoms with Gasteiger partial charge < -0.3 is 9.64 Å². The van der Waals surface area contributed by atoms with E-state index in [9.17, 15) is 4.79 Å². The number of anilines is 1. The van der Waals surface area contributed by atoms with Crippen LogP contribution in [-0.2, 0) is 9.53 Å². The Morgan fingerprint density at radius 1 is 1.32 bits per heavy atom. The van der Waals surface area contributed by atoms with Crippen LogP contribution in [0.2, 0.25) is 0 Å². The number of para-hydroxylation sites is 1. The van der Waals surface area contributed by atoms with Crippen molar-refractivity contribution in [3.63, 3.8) is 0 Å². The van der Waals surface area contributed by atoms with E-state index in [-0.39, 0.29) is 11.4 Å². The van der Waals surface area contributed by atoms with Crippen molar-refractivity contribution in [1.29, 1.82) is 0 Å². The van der Waals surface area contributed by atoms with Crippen LogP contribution in [0.5, 0.6) is 0 Å². The average molecular weight is 257 g/mol. The van der Waals surface area contributed by atoms with Gasteiger partial charge in [0.05, 0.1) is 12.5 Å². The number of hydrogen-bond acceptors (Lipinski definition) is 3. The van der Waals surface area contributed by atoms with Gasteiger partial charge in [0, 0.05) is 17.8 Å². The zero-order valence-electron chi connectivity index (χ0n) is 11.2. The third-order valence-corrected chi connectivity index (χ3v) is 5.43. The van der Waals surface area contributed by atoms with Gasteiger partial charge in [-0.1, -0.05) is 18.2 Å². The molecule has 2 bridgehead atoms. The fraction of sp³-hybridized carbons (Fsp3) is 0.562. The number of carbonyl (C=O) groups excluding carboxylic acids is 1. The SMILES string of the molecule is COC(=O)C12CC1CC1CCC2N1c1ccccc1. The number of ether oxygens (including phenoxy) is 1. The molecule has 3 nitrogen and oxygen atoms in total. The third kappa shape index (κ3) is 1.36. The summed E-state index contributed by atoms with van der Waals surface area (Å²) in [6.45, 7) is 0. The fourth-order valence-corrected chi connectivity index (χ4v) is 4.57. The average Bonchev–Trinajstić information content (AvgIpc) is 3.08. The first-order chi connectivity index (χ1) is 9.27. The number of benzene rings is 1. The number of piperidine rings is 1. The summed E-state index contributed by atoms with van der Waals surface area (Å²) >= 11 is 0. The molecular formula is C16H19NO2. The van der Waals surface area contributed by atoms with E-state index in [0.29, 0.717) is 18.0 Å². The van der Waals surface area contributed by atoms with Gasteiger partial charge in [0.1, 0.15) is 0 Å². The molecule has 1 aromatic carbocycles. The summed E-state index contributed by atoms with van der Waals surface area (Å²) in [7, 11) is 1.53. The van der Waals surface area contributed by atoms with Crippen LogP contribution in [-0.4, -0.2) is 25.2 Å². The lowest BCUT2D eigenvalue weighted by atomic mass is 9.88. The van der Waals surface area contributed by atoms with Gasteiger partial charge in [-0.3, -0.25) is 4.79 Å². The van der Waals surface area contributed by atoms with Gasteiger partial charge in [-0.15, -0.1) is 0 Å². The van der Waals surface area contributed by atoms with Crippen molar-refractivity contribution in [2.75, 3.05) is 12.0 Å². The Hall–Kier alpha value is -1.51. The van der Waals surface area contributed by atoms with Crippen molar-refractivity contribution in [3.05, 3.63) is 30.3 Å². The summed E-state index contributed by atoms with van der Waals surface area (Å²) in [5.74, 6) is 0.584. The van der Waals surface area contributed by atoms with E-state index in [1.807, 2.05) is 6.07 Å². The first-order valence-electron chi connectivity index (χ1n) is 7.19. The minimum atomic E-state index is -0.197. The molecule has 0 amide bonds. The lowest BCUT2D eigenvalue weighted by molar-refractivity contribution is -0.149. The Labute approximate surface area is 113 Å². The molecule has 0 N–H and O–H groups in total. The summed E-state index contributed by atoms with van der Waals surface area (Å²) < 4.78 is 5.10. The van der Waals surface area contributed by atoms with Gasteiger partial charge in [0.2, 0.25) is 0 Å². The quantitative estimate of drug-likeness (QED) is 0.763. The monoisotopic (exact) mass is 257 g/mol. The second-order valence-electron chi connectivity index (χ2n) is 6.16. The van der Waals surface area contributed by atoms with Crippen LogP contribution >= 0.6 is 0 Å². The van der Waals surface area contributed by atoms with E-state index < -0.39 is 0 Å². The molecule has 1 aromatic rings. The first-order valence-corrected chi connectivity index (χ1v) is 7.19. The molecule has 2 heterocycles. The van der Waals surface area contributed by atoms with Crippen molar-refractivity contribution in [3.8, 4) is 0 Å². The molecule has 0 aromatic heterocycles. The summed E-state index contributed by atoms with van der Waals surface area (Å²) in [4.78, 5) is 14.7. The minimum Gasteiger partial charge on any atom is -0.469 e. The Kier molecular flexibility index (Phi) is 2.23. The largest absolute Gasteiger partial charge is 0.469 e. The molecule has 4 unspecified atom stereocenters. The van der Waals surface area contributed by atoms with E-state index in [4.69, 9.17) is 4.74 Å². The van der Waals surface area contributed by atoms with Crippen LogP contribution < -0.4 is 4.90 Å². The van der Waals surface area contributed by atoms with Crippen molar-refractivity contribution in [1.82, 2.24) is 0 Å². The maximum absolute atomic E-state index is 12.2. The number of carbonyl (C=O) groups is 1. The lowest BCUT2D eigenvalue weighted by Crippen LogP contribution is -2.49. The molecule has 2 aliphatic heterocycles. The topological polar surface area (TPSA) is 29.5 Å². The molecular weight excluding hydrogens is 238 g/mol. The van der Waals surface area contributed by atoms with Gasteiger partial charge in [-0.05, 0) is 43.7 Å². The molecule has 2 saturated heterocycles. The maximum atomic E-state index is 12.2. The van der Waals surface area contributed by atoms with E-state index in [1.165, 1.54) is 19.2 Å². The second kappa shape index (κ2) is 3.75. The summed E-state index contributed by atoms with van der Waals surface area (Å²) in [5, 5.41) is 0. The highest BCUT2D eigenvalue weighted by Crippen LogP contribution is 2.66. The normalized spacial score (nSPS) is 38.8. The van der Waals surface area contributed by atoms with E-state index in [1.54, 1.807) is 0 Å². The van der Waals surface area contributed by atoms with Gasteiger partial charge in [-0.25, -0.2) is 0 Å². The van der Waals surface area contributed by atoms with Crippen LogP contribution in [0.4, 0.5) is 5.69 Å². The molecule has 100 valence electrons. The van der Waals surface area contributed by atoms with E-state index in [2.05, 4.69) is 29.2 Å². The molecule has 3 fully saturated rings. The number of nitrogens with zero attached hydrogens (tertiary/aromatic N) is 1. The molecule has 3 aliphatic rings. The van der Waals surface area contributed by atoms with Crippen molar-refractivity contribution < 1.29 is 9.53 Å². The Morgan fingerprint density at radius 3 is 2.84 bits per heavy atom. The Morgan fingerprint density at radius 2 is 2.11 bits per heavy atom. The van der Waals surface area contributed by atoms with Gasteiger partial charge in [0.15, 0.2) is 0 Å². The number of esters is 1. The molecule has 19 heavy (non-hydrogen) atoms. The standard InChI is InChI=1S/C16H19NO2/c1-19-15(18)16-10-11(16)9-13-7-8-14(16)17(13)12-5-3-2-4-6-12/h2-6,11,13-14H,7-10H2,1H3. The third-order valence-electron chi connectivity index (χ3n) is 5.43. The highest BCUT2D eigenvalue weighted by molar-refractivity contribution is 5.83. The van der Waals surface area contributed by atoms with Crippen molar-refractivity contribution >= 4 is 11.7 Å². The maximum Gasteiger partial charge on any atom is 0.314 e. The first kappa shape index (κ1) is 11.3. The Balaban J connectivity index is 1.73. The molecule has 1 saturated carbocycles. The molecule has 0 spiro atoms. The van der Waals surface area contributed by atoms with Crippen LogP contribution in [0.15, 0.2) is 30.3 Å². The van der Waals surface area contributed by atoms with E-state index in [0.717, 1.165) is 19.3 Å². The van der Waals surface area contributed by atoms with Gasteiger partial charge >= 0.3 is 5.97 Å². The van der Waals surface area contributed by atoms with Gasteiger partial charge in [-0.2, -0.15) is 0 Å². The Bertz CT molecular complexity index is 515. The second-order valence-corrected chi connectivity index (χ2v) is 6.16. The molecule has 3 heteroatoms. The molecule has 0 radical (unpaired) electrons. The number of hydrogen-bond donors (Lipinski definition) is 0. The summed E-state index contributed by atoms with van der Waals surface area (Å²) in [6.07, 6.45) is 4.53. The smallest absolute Gasteiger partial charge is 0.314 e. The van der Waals surface area contributed by atoms with Crippen LogP contribution in [0.3, 0.4) is 0 Å². The van der Waals surface area contributed by atoms with Crippen LogP contribution in [0.1, 0.15) is 25.7 Å². The lowest BCUT2D eigenvalue weighted by Gasteiger charge is -2.40. The highest BCUT2D eigenvalue weighted by atomic mass is 16.5. The number of fused-ring (bicyclic) bond motifs is 4. The molecule has 4 atom stereocenters. The van der Waals surface area contributed by atoms with Crippen LogP contribution in [0.25, 0.3) is 0 Å². The fourth-order valence-electron chi connectivity index (χ4n) is 4.57.